The third kappa shape index (κ3) is 4.76. The zero-order valence-electron chi connectivity index (χ0n) is 24.1. The highest BCUT2D eigenvalue weighted by Gasteiger charge is 2.70. The van der Waals surface area contributed by atoms with Gasteiger partial charge in [-0.25, -0.2) is 0 Å². The molecule has 0 heterocycles. The number of allylic oxidation sites excluding steroid dienone is 1. The summed E-state index contributed by atoms with van der Waals surface area (Å²) < 4.78 is 11.4. The molecule has 3 fully saturated rings. The average Bonchev–Trinajstić information content (AvgIpc) is 3.08. The van der Waals surface area contributed by atoms with Crippen molar-refractivity contribution in [2.45, 2.75) is 117 Å². The number of ketones is 1. The fourth-order valence-electron chi connectivity index (χ4n) is 9.05. The number of fused-ring (bicyclic) bond motifs is 5. The lowest BCUT2D eigenvalue weighted by Crippen LogP contribution is -2.61. The second-order valence-electron chi connectivity index (χ2n) is 13.4. The van der Waals surface area contributed by atoms with Crippen LogP contribution in [0.15, 0.2) is 11.6 Å². The van der Waals surface area contributed by atoms with Gasteiger partial charge in [-0.05, 0) is 74.0 Å². The molecule has 0 aliphatic heterocycles. The van der Waals surface area contributed by atoms with Crippen LogP contribution in [-0.4, -0.2) is 52.4 Å². The Morgan fingerprint density at radius 1 is 1.05 bits per heavy atom. The molecule has 7 heteroatoms. The number of Topliss-reactive ketones (excluding diaryl/α,β-unsaturated/α-hetero) is 1. The summed E-state index contributed by atoms with van der Waals surface area (Å²) in [5.74, 6) is -0.438. The molecule has 0 aromatic heterocycles. The summed E-state index contributed by atoms with van der Waals surface area (Å²) in [5, 5.41) is 21.9. The number of aliphatic hydroxyl groups is 2. The highest BCUT2D eigenvalue weighted by Crippen LogP contribution is 2.68. The minimum absolute atomic E-state index is 0.0207. The Balaban J connectivity index is 1.63. The lowest BCUT2D eigenvalue weighted by Gasteiger charge is -2.59. The van der Waals surface area contributed by atoms with Crippen molar-refractivity contribution in [2.75, 3.05) is 6.61 Å². The van der Waals surface area contributed by atoms with Crippen LogP contribution in [0.4, 0.5) is 0 Å². The van der Waals surface area contributed by atoms with Gasteiger partial charge in [0.05, 0.1) is 0 Å². The molecule has 3 saturated carbocycles. The van der Waals surface area contributed by atoms with Gasteiger partial charge in [-0.15, -0.1) is 0 Å². The molecule has 10 atom stereocenters. The van der Waals surface area contributed by atoms with Gasteiger partial charge in [-0.1, -0.05) is 39.3 Å². The summed E-state index contributed by atoms with van der Waals surface area (Å²) in [5.41, 5.74) is -0.569. The van der Waals surface area contributed by atoms with Crippen LogP contribution in [0.5, 0.6) is 0 Å². The van der Waals surface area contributed by atoms with Crippen LogP contribution in [-0.2, 0) is 23.9 Å². The Morgan fingerprint density at radius 3 is 2.37 bits per heavy atom. The normalized spacial score (nSPS) is 41.6. The van der Waals surface area contributed by atoms with Crippen molar-refractivity contribution in [3.05, 3.63) is 11.6 Å². The molecular weight excluding hydrogens is 484 g/mol. The molecule has 7 nitrogen and oxygen atoms in total. The highest BCUT2D eigenvalue weighted by molar-refractivity contribution is 5.82. The number of hydrogen-bond acceptors (Lipinski definition) is 7. The van der Waals surface area contributed by atoms with Gasteiger partial charge in [-0.2, -0.15) is 0 Å². The number of carbonyl (C=O) groups is 3. The Morgan fingerprint density at radius 2 is 1.74 bits per heavy atom. The number of carbonyl (C=O) groups excluding carboxylic acids is 3. The van der Waals surface area contributed by atoms with E-state index in [-0.39, 0.29) is 41.7 Å². The van der Waals surface area contributed by atoms with E-state index in [0.29, 0.717) is 31.1 Å². The maximum atomic E-state index is 13.4. The van der Waals surface area contributed by atoms with Crippen LogP contribution in [0.25, 0.3) is 0 Å². The summed E-state index contributed by atoms with van der Waals surface area (Å²) in [4.78, 5) is 37.2. The second-order valence-corrected chi connectivity index (χ2v) is 13.4. The van der Waals surface area contributed by atoms with Gasteiger partial charge in [0.1, 0.15) is 23.6 Å². The first-order chi connectivity index (χ1) is 17.8. The molecule has 0 spiro atoms. The van der Waals surface area contributed by atoms with E-state index in [9.17, 15) is 24.6 Å². The molecule has 0 aromatic carbocycles. The molecule has 4 aliphatic rings. The largest absolute Gasteiger partial charge is 0.462 e. The molecule has 38 heavy (non-hydrogen) atoms. The molecular formula is C31H48O7. The van der Waals surface area contributed by atoms with Gasteiger partial charge in [0.25, 0.3) is 0 Å². The molecule has 0 bridgehead atoms. The lowest BCUT2D eigenvalue weighted by atomic mass is 9.46. The highest BCUT2D eigenvalue weighted by atomic mass is 16.6. The molecule has 10 unspecified atom stereocenters. The first-order valence-corrected chi connectivity index (χ1v) is 14.7. The lowest BCUT2D eigenvalue weighted by molar-refractivity contribution is -0.197. The van der Waals surface area contributed by atoms with E-state index >= 15 is 0 Å². The molecule has 0 aromatic rings. The third-order valence-electron chi connectivity index (χ3n) is 11.3. The first kappa shape index (κ1) is 29.3. The number of aliphatic hydroxyl groups excluding tert-OH is 1. The number of rotatable bonds is 8. The maximum Gasteiger partial charge on any atom is 0.303 e. The quantitative estimate of drug-likeness (QED) is 0.342. The van der Waals surface area contributed by atoms with Gasteiger partial charge in [0, 0.05) is 44.6 Å². The van der Waals surface area contributed by atoms with E-state index in [1.54, 1.807) is 6.92 Å². The van der Waals surface area contributed by atoms with Crippen molar-refractivity contribution in [3.63, 3.8) is 0 Å². The summed E-state index contributed by atoms with van der Waals surface area (Å²) >= 11 is 0. The molecule has 0 amide bonds. The van der Waals surface area contributed by atoms with Crippen molar-refractivity contribution in [1.82, 2.24) is 0 Å². The minimum Gasteiger partial charge on any atom is -0.462 e. The predicted octanol–water partition coefficient (Wildman–Crippen LogP) is 4.77. The molecule has 4 aliphatic carbocycles. The van der Waals surface area contributed by atoms with Crippen molar-refractivity contribution in [1.29, 1.82) is 0 Å². The molecule has 0 saturated heterocycles. The van der Waals surface area contributed by atoms with Crippen LogP contribution in [0.1, 0.15) is 99.3 Å². The zero-order chi connectivity index (χ0) is 28.0. The Hall–Kier alpha value is -1.73. The Bertz CT molecular complexity index is 973. The van der Waals surface area contributed by atoms with Crippen molar-refractivity contribution in [2.24, 2.45) is 40.4 Å². The smallest absolute Gasteiger partial charge is 0.303 e. The van der Waals surface area contributed by atoms with Gasteiger partial charge >= 0.3 is 11.9 Å². The van der Waals surface area contributed by atoms with E-state index in [1.165, 1.54) is 19.4 Å². The Labute approximate surface area is 227 Å². The molecule has 214 valence electrons. The van der Waals surface area contributed by atoms with Crippen molar-refractivity contribution in [3.8, 4) is 0 Å². The SMILES string of the molecule is CC(=O)OC1CCC2(C)C(=CCC3C2CCC2(C)C3CC(OC(C)=O)C2(O)C(C)C(=O)CCC(C)CO)C1. The topological polar surface area (TPSA) is 110 Å². The summed E-state index contributed by atoms with van der Waals surface area (Å²) in [6.07, 6.45) is 8.23. The van der Waals surface area contributed by atoms with Crippen LogP contribution < -0.4 is 0 Å². The van der Waals surface area contributed by atoms with Crippen LogP contribution in [0, 0.1) is 40.4 Å². The fourth-order valence-corrected chi connectivity index (χ4v) is 9.05. The minimum atomic E-state index is -1.44. The number of ether oxygens (including phenoxy) is 2. The summed E-state index contributed by atoms with van der Waals surface area (Å²) in [6.45, 7) is 11.1. The van der Waals surface area contributed by atoms with E-state index in [0.717, 1.165) is 38.5 Å². The summed E-state index contributed by atoms with van der Waals surface area (Å²) in [7, 11) is 0. The first-order valence-electron chi connectivity index (χ1n) is 14.7. The van der Waals surface area contributed by atoms with Crippen LogP contribution in [0.2, 0.25) is 0 Å². The van der Waals surface area contributed by atoms with Crippen molar-refractivity contribution < 1.29 is 34.1 Å². The Kier molecular flexibility index (Phi) is 8.22. The zero-order valence-corrected chi connectivity index (χ0v) is 24.1. The molecule has 0 radical (unpaired) electrons. The van der Waals surface area contributed by atoms with Crippen molar-refractivity contribution >= 4 is 17.7 Å². The van der Waals surface area contributed by atoms with Crippen LogP contribution >= 0.6 is 0 Å². The van der Waals surface area contributed by atoms with E-state index in [4.69, 9.17) is 9.47 Å². The second kappa shape index (κ2) is 10.7. The van der Waals surface area contributed by atoms with Gasteiger partial charge in [-0.3, -0.25) is 14.4 Å². The summed E-state index contributed by atoms with van der Waals surface area (Å²) in [6, 6.07) is 0. The monoisotopic (exact) mass is 532 g/mol. The number of esters is 2. The standard InChI is InChI=1S/C31H48O7/c1-18(17-32)7-10-27(35)19(2)31(36)28(38-21(4)34)16-26-24-9-8-22-15-23(37-20(3)33)11-13-29(22,5)25(24)12-14-30(26,31)6/h8,18-19,23-26,28,32,36H,7,9-17H2,1-6H3. The van der Waals surface area contributed by atoms with E-state index in [1.807, 2.05) is 6.92 Å². The molecule has 4 rings (SSSR count). The maximum absolute atomic E-state index is 13.4. The van der Waals surface area contributed by atoms with E-state index < -0.39 is 29.0 Å². The fraction of sp³-hybridized carbons (Fsp3) is 0.839. The predicted molar refractivity (Wildman–Crippen MR) is 143 cm³/mol. The average molecular weight is 533 g/mol. The van der Waals surface area contributed by atoms with Gasteiger partial charge in [0.2, 0.25) is 0 Å². The van der Waals surface area contributed by atoms with E-state index in [2.05, 4.69) is 19.9 Å². The van der Waals surface area contributed by atoms with Gasteiger partial charge < -0.3 is 19.7 Å². The number of hydrogen-bond donors (Lipinski definition) is 2. The third-order valence-corrected chi connectivity index (χ3v) is 11.3. The van der Waals surface area contributed by atoms with Crippen LogP contribution in [0.3, 0.4) is 0 Å². The van der Waals surface area contributed by atoms with Gasteiger partial charge in [0.15, 0.2) is 0 Å². The molecule has 2 N–H and O–H groups in total.